The molecule has 1 aromatic carbocycles. The summed E-state index contributed by atoms with van der Waals surface area (Å²) in [6.45, 7) is 0.777. The molecular weight excluding hydrogens is 254 g/mol. The summed E-state index contributed by atoms with van der Waals surface area (Å²) < 4.78 is 0. The molecule has 0 spiro atoms. The summed E-state index contributed by atoms with van der Waals surface area (Å²) in [5.74, 6) is -0.529. The van der Waals surface area contributed by atoms with E-state index >= 15 is 0 Å². The molecule has 5 heteroatoms. The summed E-state index contributed by atoms with van der Waals surface area (Å²) in [5.41, 5.74) is 6.42. The minimum Gasteiger partial charge on any atom is -0.368 e. The molecule has 2 amide bonds. The lowest BCUT2D eigenvalue weighted by molar-refractivity contribution is -0.137. The van der Waals surface area contributed by atoms with Crippen molar-refractivity contribution in [1.82, 2.24) is 10.2 Å². The second-order valence-electron chi connectivity index (χ2n) is 4.82. The van der Waals surface area contributed by atoms with Crippen LogP contribution >= 0.6 is 0 Å². The molecule has 0 heterocycles. The van der Waals surface area contributed by atoms with Crippen LogP contribution in [0.4, 0.5) is 0 Å². The van der Waals surface area contributed by atoms with Crippen molar-refractivity contribution >= 4 is 11.8 Å². The van der Waals surface area contributed by atoms with Gasteiger partial charge in [0, 0.05) is 19.9 Å². The van der Waals surface area contributed by atoms with Crippen molar-refractivity contribution in [2.24, 2.45) is 5.73 Å². The number of primary amides is 1. The second-order valence-corrected chi connectivity index (χ2v) is 4.82. The van der Waals surface area contributed by atoms with Crippen molar-refractivity contribution in [1.29, 1.82) is 0 Å². The fraction of sp³-hybridized carbons (Fsp3) is 0.467. The van der Waals surface area contributed by atoms with Crippen LogP contribution in [0.15, 0.2) is 30.3 Å². The Kier molecular flexibility index (Phi) is 6.73. The Morgan fingerprint density at radius 3 is 2.50 bits per heavy atom. The summed E-state index contributed by atoms with van der Waals surface area (Å²) in [6.07, 6.45) is 1.61. The van der Waals surface area contributed by atoms with Gasteiger partial charge in [0.25, 0.3) is 0 Å². The van der Waals surface area contributed by atoms with E-state index in [9.17, 15) is 9.59 Å². The molecule has 0 aromatic heterocycles. The van der Waals surface area contributed by atoms with Crippen LogP contribution in [0.2, 0.25) is 0 Å². The lowest BCUT2D eigenvalue weighted by Gasteiger charge is -2.26. The maximum absolute atomic E-state index is 12.0. The Morgan fingerprint density at radius 1 is 1.30 bits per heavy atom. The van der Waals surface area contributed by atoms with Gasteiger partial charge in [0.15, 0.2) is 0 Å². The van der Waals surface area contributed by atoms with Crippen LogP contribution in [0, 0.1) is 0 Å². The van der Waals surface area contributed by atoms with Crippen LogP contribution in [-0.4, -0.2) is 43.4 Å². The lowest BCUT2D eigenvalue weighted by Crippen LogP contribution is -2.47. The summed E-state index contributed by atoms with van der Waals surface area (Å²) in [7, 11) is 3.48. The van der Waals surface area contributed by atoms with E-state index in [1.807, 2.05) is 37.4 Å². The molecule has 1 aromatic rings. The van der Waals surface area contributed by atoms with Crippen LogP contribution in [0.3, 0.4) is 0 Å². The molecule has 0 saturated heterocycles. The molecule has 3 N–H and O–H groups in total. The van der Waals surface area contributed by atoms with Crippen molar-refractivity contribution in [3.8, 4) is 0 Å². The van der Waals surface area contributed by atoms with Crippen molar-refractivity contribution in [2.75, 3.05) is 20.6 Å². The van der Waals surface area contributed by atoms with Gasteiger partial charge in [0.05, 0.1) is 0 Å². The molecular formula is C15H23N3O2. The highest BCUT2D eigenvalue weighted by Gasteiger charge is 2.24. The number of carbonyl (C=O) groups is 2. The SMILES string of the molecule is CNCCCC(=O)N(C)[C@@H](Cc1ccccc1)C(N)=O. The molecule has 5 nitrogen and oxygen atoms in total. The molecule has 0 saturated carbocycles. The third-order valence-corrected chi connectivity index (χ3v) is 3.28. The number of rotatable bonds is 8. The van der Waals surface area contributed by atoms with Crippen molar-refractivity contribution < 1.29 is 9.59 Å². The van der Waals surface area contributed by atoms with E-state index < -0.39 is 11.9 Å². The quantitative estimate of drug-likeness (QED) is 0.681. The first kappa shape index (κ1) is 16.2. The summed E-state index contributed by atoms with van der Waals surface area (Å²) in [6, 6.07) is 8.98. The molecule has 0 radical (unpaired) electrons. The monoisotopic (exact) mass is 277 g/mol. The number of nitrogens with zero attached hydrogens (tertiary/aromatic N) is 1. The molecule has 0 fully saturated rings. The molecule has 0 aliphatic heterocycles. The molecule has 0 bridgehead atoms. The smallest absolute Gasteiger partial charge is 0.240 e. The fourth-order valence-electron chi connectivity index (χ4n) is 2.03. The Hall–Kier alpha value is -1.88. The van der Waals surface area contributed by atoms with Gasteiger partial charge in [0.1, 0.15) is 6.04 Å². The Labute approximate surface area is 120 Å². The van der Waals surface area contributed by atoms with Gasteiger partial charge in [-0.3, -0.25) is 9.59 Å². The molecule has 110 valence electrons. The number of hydrogen-bond acceptors (Lipinski definition) is 3. The van der Waals surface area contributed by atoms with Crippen LogP contribution in [0.25, 0.3) is 0 Å². The van der Waals surface area contributed by atoms with Crippen LogP contribution in [0.5, 0.6) is 0 Å². The normalized spacial score (nSPS) is 11.9. The molecule has 1 rings (SSSR count). The maximum Gasteiger partial charge on any atom is 0.240 e. The van der Waals surface area contributed by atoms with E-state index in [2.05, 4.69) is 5.32 Å². The van der Waals surface area contributed by atoms with Gasteiger partial charge in [-0.05, 0) is 25.6 Å². The summed E-state index contributed by atoms with van der Waals surface area (Å²) in [4.78, 5) is 25.1. The maximum atomic E-state index is 12.0. The van der Waals surface area contributed by atoms with Gasteiger partial charge in [0.2, 0.25) is 11.8 Å². The standard InChI is InChI=1S/C15H23N3O2/c1-17-10-6-9-14(19)18(2)13(15(16)20)11-12-7-4-3-5-8-12/h3-5,7-8,13,17H,6,9-11H2,1-2H3,(H2,16,20)/t13-/m0/s1. The number of nitrogens with one attached hydrogen (secondary N) is 1. The predicted octanol–water partition coefficient (Wildman–Crippen LogP) is 0.541. The number of nitrogens with two attached hydrogens (primary N) is 1. The summed E-state index contributed by atoms with van der Waals surface area (Å²) >= 11 is 0. The Morgan fingerprint density at radius 2 is 1.95 bits per heavy atom. The van der Waals surface area contributed by atoms with Crippen LogP contribution in [0.1, 0.15) is 18.4 Å². The highest BCUT2D eigenvalue weighted by atomic mass is 16.2. The number of hydrogen-bond donors (Lipinski definition) is 2. The molecule has 0 unspecified atom stereocenters. The average Bonchev–Trinajstić information content (AvgIpc) is 2.45. The van der Waals surface area contributed by atoms with Crippen molar-refractivity contribution in [3.05, 3.63) is 35.9 Å². The van der Waals surface area contributed by atoms with E-state index in [0.717, 1.165) is 18.5 Å². The van der Waals surface area contributed by atoms with E-state index in [-0.39, 0.29) is 5.91 Å². The van der Waals surface area contributed by atoms with Gasteiger partial charge >= 0.3 is 0 Å². The van der Waals surface area contributed by atoms with Crippen molar-refractivity contribution in [3.63, 3.8) is 0 Å². The summed E-state index contributed by atoms with van der Waals surface area (Å²) in [5, 5.41) is 2.99. The largest absolute Gasteiger partial charge is 0.368 e. The first-order valence-corrected chi connectivity index (χ1v) is 6.79. The van der Waals surface area contributed by atoms with E-state index in [4.69, 9.17) is 5.73 Å². The zero-order valence-electron chi connectivity index (χ0n) is 12.1. The highest BCUT2D eigenvalue weighted by Crippen LogP contribution is 2.09. The van der Waals surface area contributed by atoms with E-state index in [1.54, 1.807) is 7.05 Å². The number of likely N-dealkylation sites (N-methyl/N-ethyl adjacent to an activating group) is 1. The zero-order valence-corrected chi connectivity index (χ0v) is 12.1. The minimum atomic E-state index is -0.598. The third-order valence-electron chi connectivity index (χ3n) is 3.28. The van der Waals surface area contributed by atoms with E-state index in [1.165, 1.54) is 4.90 Å². The van der Waals surface area contributed by atoms with Gasteiger partial charge in [-0.1, -0.05) is 30.3 Å². The predicted molar refractivity (Wildman–Crippen MR) is 79.1 cm³/mol. The van der Waals surface area contributed by atoms with Crippen LogP contribution in [-0.2, 0) is 16.0 Å². The minimum absolute atomic E-state index is 0.0556. The van der Waals surface area contributed by atoms with Crippen molar-refractivity contribution in [2.45, 2.75) is 25.3 Å². The Balaban J connectivity index is 2.65. The lowest BCUT2D eigenvalue weighted by atomic mass is 10.0. The van der Waals surface area contributed by atoms with Gasteiger partial charge in [-0.2, -0.15) is 0 Å². The van der Waals surface area contributed by atoms with Gasteiger partial charge < -0.3 is 16.0 Å². The first-order valence-electron chi connectivity index (χ1n) is 6.79. The topological polar surface area (TPSA) is 75.4 Å². The molecule has 20 heavy (non-hydrogen) atoms. The average molecular weight is 277 g/mol. The Bertz CT molecular complexity index is 434. The zero-order chi connectivity index (χ0) is 15.0. The number of amides is 2. The number of carbonyl (C=O) groups excluding carboxylic acids is 2. The molecule has 1 atom stereocenters. The fourth-order valence-corrected chi connectivity index (χ4v) is 2.03. The molecule has 0 aliphatic rings. The van der Waals surface area contributed by atoms with E-state index in [0.29, 0.717) is 12.8 Å². The number of benzene rings is 1. The van der Waals surface area contributed by atoms with Crippen LogP contribution < -0.4 is 11.1 Å². The highest BCUT2D eigenvalue weighted by molar-refractivity contribution is 5.86. The van der Waals surface area contributed by atoms with Gasteiger partial charge in [-0.15, -0.1) is 0 Å². The second kappa shape index (κ2) is 8.32. The van der Waals surface area contributed by atoms with Gasteiger partial charge in [-0.25, -0.2) is 0 Å². The molecule has 0 aliphatic carbocycles. The third kappa shape index (κ3) is 5.01. The first-order chi connectivity index (χ1) is 9.56.